The van der Waals surface area contributed by atoms with Crippen LogP contribution < -0.4 is 0 Å². The predicted octanol–water partition coefficient (Wildman–Crippen LogP) is 7.02. The lowest BCUT2D eigenvalue weighted by molar-refractivity contribution is 0.568. The number of hydrogen-bond acceptors (Lipinski definition) is 1. The van der Waals surface area contributed by atoms with Gasteiger partial charge in [0, 0.05) is 17.8 Å². The highest BCUT2D eigenvalue weighted by Crippen LogP contribution is 2.34. The van der Waals surface area contributed by atoms with Gasteiger partial charge in [-0.05, 0) is 26.2 Å². The fraction of sp³-hybridized carbons (Fsp3) is 0.850. The van der Waals surface area contributed by atoms with Gasteiger partial charge >= 0.3 is 0 Å². The quantitative estimate of drug-likeness (QED) is 0.381. The van der Waals surface area contributed by atoms with Gasteiger partial charge in [-0.3, -0.25) is 4.99 Å². The summed E-state index contributed by atoms with van der Waals surface area (Å²) in [4.78, 5) is 5.14. The Morgan fingerprint density at radius 1 is 0.955 bits per heavy atom. The summed E-state index contributed by atoms with van der Waals surface area (Å²) in [5.74, 6) is 0. The van der Waals surface area contributed by atoms with Crippen LogP contribution in [0.15, 0.2) is 17.1 Å². The fourth-order valence-electron chi connectivity index (χ4n) is 3.66. The topological polar surface area (TPSA) is 12.4 Å². The van der Waals surface area contributed by atoms with Crippen molar-refractivity contribution in [3.8, 4) is 0 Å². The summed E-state index contributed by atoms with van der Waals surface area (Å²) in [5, 5.41) is 0. The highest BCUT2D eigenvalue weighted by molar-refractivity contribution is 6.83. The van der Waals surface area contributed by atoms with Crippen molar-refractivity contribution in [2.75, 3.05) is 6.54 Å². The van der Waals surface area contributed by atoms with E-state index in [1.807, 2.05) is 0 Å². The van der Waals surface area contributed by atoms with Crippen LogP contribution in [0.4, 0.5) is 0 Å². The maximum atomic E-state index is 5.14. The lowest BCUT2D eigenvalue weighted by Gasteiger charge is -2.34. The highest BCUT2D eigenvalue weighted by atomic mass is 28.3. The molecule has 0 spiro atoms. The summed E-state index contributed by atoms with van der Waals surface area (Å²) in [6.07, 6.45) is 17.2. The first-order valence-electron chi connectivity index (χ1n) is 9.84. The highest BCUT2D eigenvalue weighted by Gasteiger charge is 2.34. The maximum Gasteiger partial charge on any atom is 0.0636 e. The minimum absolute atomic E-state index is 0.676. The zero-order valence-corrected chi connectivity index (χ0v) is 16.7. The van der Waals surface area contributed by atoms with Crippen LogP contribution in [0, 0.1) is 0 Å². The van der Waals surface area contributed by atoms with Gasteiger partial charge in [-0.2, -0.15) is 0 Å². The van der Waals surface area contributed by atoms with Crippen molar-refractivity contribution in [1.29, 1.82) is 0 Å². The Kier molecular flexibility index (Phi) is 10.0. The molecule has 2 heteroatoms. The molecule has 0 N–H and O–H groups in total. The Morgan fingerprint density at radius 3 is 2.05 bits per heavy atom. The number of rotatable bonds is 5. The number of allylic oxidation sites excluding steroid dienone is 2. The molecule has 1 nitrogen and oxygen atoms in total. The molecule has 0 aromatic rings. The van der Waals surface area contributed by atoms with E-state index in [1.54, 1.807) is 5.71 Å². The normalized spacial score (nSPS) is 21.0. The van der Waals surface area contributed by atoms with Crippen molar-refractivity contribution in [1.82, 2.24) is 0 Å². The molecular formula is C20H39NSi. The van der Waals surface area contributed by atoms with Crippen LogP contribution in [-0.4, -0.2) is 20.3 Å². The molecule has 0 fully saturated rings. The summed E-state index contributed by atoms with van der Waals surface area (Å²) in [5.41, 5.74) is 2.23. The van der Waals surface area contributed by atoms with Gasteiger partial charge in [-0.15, -0.1) is 0 Å². The van der Waals surface area contributed by atoms with Crippen LogP contribution in [0.1, 0.15) is 78.6 Å². The first-order valence-corrected chi connectivity index (χ1v) is 12.8. The van der Waals surface area contributed by atoms with Crippen LogP contribution >= 0.6 is 0 Å². The van der Waals surface area contributed by atoms with Gasteiger partial charge in [0.15, 0.2) is 0 Å². The Bertz CT molecular complexity index is 342. The van der Waals surface area contributed by atoms with Crippen molar-refractivity contribution in [2.45, 2.75) is 103 Å². The van der Waals surface area contributed by atoms with Crippen LogP contribution in [0.3, 0.4) is 0 Å². The second kappa shape index (κ2) is 11.2. The third-order valence-electron chi connectivity index (χ3n) is 5.77. The lowest BCUT2D eigenvalue weighted by Crippen LogP contribution is -2.38. The maximum absolute atomic E-state index is 5.14. The van der Waals surface area contributed by atoms with Gasteiger partial charge in [-0.1, -0.05) is 83.2 Å². The van der Waals surface area contributed by atoms with E-state index in [4.69, 9.17) is 4.99 Å². The fourth-order valence-corrected chi connectivity index (χ4v) is 6.74. The predicted molar refractivity (Wildman–Crippen MR) is 105 cm³/mol. The van der Waals surface area contributed by atoms with Crippen LogP contribution in [0.5, 0.6) is 0 Å². The number of aliphatic imine (C=N–C) groups is 1. The lowest BCUT2D eigenvalue weighted by atomic mass is 10.0. The molecule has 128 valence electrons. The third-order valence-corrected chi connectivity index (χ3v) is 11.0. The van der Waals surface area contributed by atoms with Crippen molar-refractivity contribution >= 4 is 13.8 Å². The molecule has 0 saturated heterocycles. The monoisotopic (exact) mass is 321 g/mol. The smallest absolute Gasteiger partial charge is 0.0636 e. The van der Waals surface area contributed by atoms with E-state index in [0.29, 0.717) is 5.54 Å². The standard InChI is InChI=1S/C20H39NSi/c1-5-16-20(22(4,6-2)7-3)19-17-14-12-10-8-9-11-13-15-18-21-19/h5,16,20H,6-15,17-18H2,1-4H3/b16-5+,21-19?. The van der Waals surface area contributed by atoms with Crippen molar-refractivity contribution in [3.63, 3.8) is 0 Å². The van der Waals surface area contributed by atoms with Crippen molar-refractivity contribution in [2.24, 2.45) is 4.99 Å². The molecule has 0 amide bonds. The molecule has 1 aliphatic rings. The molecule has 1 rings (SSSR count). The Hall–Kier alpha value is -0.373. The summed E-state index contributed by atoms with van der Waals surface area (Å²) < 4.78 is 0. The second-order valence-corrected chi connectivity index (χ2v) is 12.7. The van der Waals surface area contributed by atoms with Gasteiger partial charge in [0.05, 0.1) is 8.07 Å². The molecule has 0 aromatic carbocycles. The van der Waals surface area contributed by atoms with Crippen LogP contribution in [0.2, 0.25) is 24.2 Å². The van der Waals surface area contributed by atoms with Crippen LogP contribution in [-0.2, 0) is 0 Å². The molecule has 0 saturated carbocycles. The molecule has 1 aliphatic heterocycles. The minimum Gasteiger partial charge on any atom is -0.294 e. The largest absolute Gasteiger partial charge is 0.294 e. The minimum atomic E-state index is -1.24. The van der Waals surface area contributed by atoms with Gasteiger partial charge in [0.1, 0.15) is 0 Å². The van der Waals surface area contributed by atoms with E-state index < -0.39 is 8.07 Å². The first-order chi connectivity index (χ1) is 10.7. The molecule has 22 heavy (non-hydrogen) atoms. The van der Waals surface area contributed by atoms with Crippen molar-refractivity contribution in [3.05, 3.63) is 12.2 Å². The molecule has 1 unspecified atom stereocenters. The molecule has 1 atom stereocenters. The molecular weight excluding hydrogens is 282 g/mol. The number of nitrogens with zero attached hydrogens (tertiary/aromatic N) is 1. The van der Waals surface area contributed by atoms with E-state index in [0.717, 1.165) is 6.54 Å². The number of hydrogen-bond donors (Lipinski definition) is 0. The van der Waals surface area contributed by atoms with Crippen LogP contribution in [0.25, 0.3) is 0 Å². The molecule has 0 bridgehead atoms. The SMILES string of the molecule is C/C=C/C(C1=NCCCCCCCCCC1)[Si](C)(CC)CC. The van der Waals surface area contributed by atoms with Crippen molar-refractivity contribution < 1.29 is 0 Å². The summed E-state index contributed by atoms with van der Waals surface area (Å²) in [7, 11) is -1.24. The first kappa shape index (κ1) is 19.7. The summed E-state index contributed by atoms with van der Waals surface area (Å²) in [6, 6.07) is 2.75. The Morgan fingerprint density at radius 2 is 1.50 bits per heavy atom. The Labute approximate surface area is 140 Å². The van der Waals surface area contributed by atoms with E-state index >= 15 is 0 Å². The van der Waals surface area contributed by atoms with E-state index in [1.165, 1.54) is 69.9 Å². The van der Waals surface area contributed by atoms with Gasteiger partial charge in [0.2, 0.25) is 0 Å². The average molecular weight is 322 g/mol. The van der Waals surface area contributed by atoms with Gasteiger partial charge in [0.25, 0.3) is 0 Å². The summed E-state index contributed by atoms with van der Waals surface area (Å²) >= 11 is 0. The average Bonchev–Trinajstić information content (AvgIpc) is 2.53. The van der Waals surface area contributed by atoms with E-state index in [2.05, 4.69) is 39.5 Å². The third kappa shape index (κ3) is 6.40. The van der Waals surface area contributed by atoms with Gasteiger partial charge < -0.3 is 0 Å². The van der Waals surface area contributed by atoms with E-state index in [9.17, 15) is 0 Å². The molecule has 0 radical (unpaired) electrons. The zero-order chi connectivity index (χ0) is 16.3. The van der Waals surface area contributed by atoms with Gasteiger partial charge in [-0.25, -0.2) is 0 Å². The Balaban J connectivity index is 2.90. The van der Waals surface area contributed by atoms with E-state index in [-0.39, 0.29) is 0 Å². The second-order valence-electron chi connectivity index (χ2n) is 7.32. The molecule has 0 aliphatic carbocycles. The molecule has 0 aromatic heterocycles. The zero-order valence-electron chi connectivity index (χ0n) is 15.7. The summed E-state index contributed by atoms with van der Waals surface area (Å²) in [6.45, 7) is 10.7. The molecule has 1 heterocycles.